The van der Waals surface area contributed by atoms with Crippen molar-refractivity contribution in [3.05, 3.63) is 10.8 Å². The summed E-state index contributed by atoms with van der Waals surface area (Å²) in [6, 6.07) is 0. The Hall–Kier alpha value is -1.01. The van der Waals surface area contributed by atoms with Crippen LogP contribution >= 0.6 is 11.3 Å². The second kappa shape index (κ2) is 4.24. The maximum atomic E-state index is 6.56. The van der Waals surface area contributed by atoms with Gasteiger partial charge in [0.25, 0.3) is 0 Å². The molecule has 2 aromatic rings. The first-order valence-electron chi connectivity index (χ1n) is 7.28. The molecule has 19 heavy (non-hydrogen) atoms. The molecule has 102 valence electrons. The quantitative estimate of drug-likeness (QED) is 0.916. The van der Waals surface area contributed by atoms with Gasteiger partial charge in [-0.2, -0.15) is 9.61 Å². The fourth-order valence-electron chi connectivity index (χ4n) is 3.15. The van der Waals surface area contributed by atoms with Crippen molar-refractivity contribution in [3.63, 3.8) is 0 Å². The molecule has 0 saturated heterocycles. The van der Waals surface area contributed by atoms with Gasteiger partial charge in [0.15, 0.2) is 5.82 Å². The van der Waals surface area contributed by atoms with Crippen molar-refractivity contribution >= 4 is 16.3 Å². The smallest absolute Gasteiger partial charge is 0.234 e. The number of nitrogens with two attached hydrogens (primary N) is 1. The van der Waals surface area contributed by atoms with E-state index in [-0.39, 0.29) is 5.54 Å². The molecule has 2 heterocycles. The zero-order valence-electron chi connectivity index (χ0n) is 11.0. The van der Waals surface area contributed by atoms with E-state index in [1.54, 1.807) is 11.3 Å². The first-order valence-corrected chi connectivity index (χ1v) is 8.09. The van der Waals surface area contributed by atoms with Crippen LogP contribution in [-0.4, -0.2) is 19.8 Å². The van der Waals surface area contributed by atoms with Crippen molar-refractivity contribution in [2.75, 3.05) is 0 Å². The molecule has 2 aliphatic rings. The average Bonchev–Trinajstić information content (AvgIpc) is 2.90. The molecule has 2 saturated carbocycles. The van der Waals surface area contributed by atoms with Gasteiger partial charge >= 0.3 is 0 Å². The molecule has 2 fully saturated rings. The van der Waals surface area contributed by atoms with E-state index < -0.39 is 0 Å². The van der Waals surface area contributed by atoms with E-state index in [4.69, 9.17) is 10.8 Å². The number of nitrogens with zero attached hydrogens (tertiary/aromatic N) is 4. The van der Waals surface area contributed by atoms with Crippen LogP contribution in [0.5, 0.6) is 0 Å². The lowest BCUT2D eigenvalue weighted by atomic mass is 9.83. The molecular weight excluding hydrogens is 258 g/mol. The van der Waals surface area contributed by atoms with E-state index in [1.165, 1.54) is 38.5 Å². The standard InChI is InChI=1S/C13H19N5S/c14-13(7-2-1-3-8-13)11-17-18-10(9-5-4-6-9)15-16-12(18)19-11/h9H,1-8,14H2. The fraction of sp³-hybridized carbons (Fsp3) is 0.769. The van der Waals surface area contributed by atoms with Gasteiger partial charge in [0.1, 0.15) is 5.01 Å². The summed E-state index contributed by atoms with van der Waals surface area (Å²) in [7, 11) is 0. The predicted molar refractivity (Wildman–Crippen MR) is 74.2 cm³/mol. The predicted octanol–water partition coefficient (Wildman–Crippen LogP) is 2.57. The minimum atomic E-state index is -0.222. The number of rotatable bonds is 2. The maximum Gasteiger partial charge on any atom is 0.234 e. The monoisotopic (exact) mass is 277 g/mol. The van der Waals surface area contributed by atoms with Gasteiger partial charge in [-0.15, -0.1) is 10.2 Å². The van der Waals surface area contributed by atoms with Crippen molar-refractivity contribution < 1.29 is 0 Å². The Kier molecular flexibility index (Phi) is 2.63. The summed E-state index contributed by atoms with van der Waals surface area (Å²) in [5.74, 6) is 1.60. The van der Waals surface area contributed by atoms with Crippen LogP contribution in [-0.2, 0) is 5.54 Å². The van der Waals surface area contributed by atoms with E-state index in [2.05, 4.69) is 10.2 Å². The van der Waals surface area contributed by atoms with Crippen LogP contribution in [0.1, 0.15) is 68.1 Å². The normalized spacial score (nSPS) is 23.6. The molecule has 0 aromatic carbocycles. The molecule has 5 nitrogen and oxygen atoms in total. The Labute approximate surface area is 116 Å². The summed E-state index contributed by atoms with van der Waals surface area (Å²) in [4.78, 5) is 0.910. The summed E-state index contributed by atoms with van der Waals surface area (Å²) < 4.78 is 1.95. The summed E-state index contributed by atoms with van der Waals surface area (Å²) in [5, 5.41) is 14.4. The molecule has 0 spiro atoms. The molecule has 2 N–H and O–H groups in total. The van der Waals surface area contributed by atoms with E-state index in [0.717, 1.165) is 28.6 Å². The fourth-order valence-corrected chi connectivity index (χ4v) is 4.16. The second-order valence-electron chi connectivity index (χ2n) is 6.00. The molecule has 0 aliphatic heterocycles. The van der Waals surface area contributed by atoms with Gasteiger partial charge in [-0.05, 0) is 25.7 Å². The number of fused-ring (bicyclic) bond motifs is 1. The Bertz CT molecular complexity index is 591. The third-order valence-corrected chi connectivity index (χ3v) is 5.78. The SMILES string of the molecule is NC1(c2nn3c(C4CCC4)nnc3s2)CCCCC1. The molecule has 0 amide bonds. The Morgan fingerprint density at radius 2 is 1.89 bits per heavy atom. The van der Waals surface area contributed by atoms with E-state index in [0.29, 0.717) is 5.92 Å². The minimum absolute atomic E-state index is 0.222. The average molecular weight is 277 g/mol. The van der Waals surface area contributed by atoms with Gasteiger partial charge in [-0.1, -0.05) is 37.0 Å². The highest BCUT2D eigenvalue weighted by molar-refractivity contribution is 7.16. The van der Waals surface area contributed by atoms with Crippen molar-refractivity contribution in [2.45, 2.75) is 62.8 Å². The molecular formula is C13H19N5S. The lowest BCUT2D eigenvalue weighted by molar-refractivity contribution is 0.298. The molecule has 0 bridgehead atoms. The lowest BCUT2D eigenvalue weighted by Crippen LogP contribution is -2.38. The van der Waals surface area contributed by atoms with E-state index >= 15 is 0 Å². The summed E-state index contributed by atoms with van der Waals surface area (Å²) >= 11 is 1.63. The first kappa shape index (κ1) is 11.8. The highest BCUT2D eigenvalue weighted by Gasteiger charge is 2.34. The van der Waals surface area contributed by atoms with Crippen LogP contribution in [0.25, 0.3) is 4.96 Å². The van der Waals surface area contributed by atoms with Crippen LogP contribution in [0.2, 0.25) is 0 Å². The van der Waals surface area contributed by atoms with Gasteiger partial charge in [0.05, 0.1) is 5.54 Å². The third-order valence-electron chi connectivity index (χ3n) is 4.66. The topological polar surface area (TPSA) is 69.1 Å². The number of aromatic nitrogens is 4. The van der Waals surface area contributed by atoms with Gasteiger partial charge in [-0.25, -0.2) is 0 Å². The minimum Gasteiger partial charge on any atom is -0.319 e. The molecule has 2 aromatic heterocycles. The van der Waals surface area contributed by atoms with Crippen LogP contribution in [0.15, 0.2) is 0 Å². The largest absolute Gasteiger partial charge is 0.319 e. The van der Waals surface area contributed by atoms with Gasteiger partial charge in [0.2, 0.25) is 4.96 Å². The van der Waals surface area contributed by atoms with Crippen LogP contribution in [0.4, 0.5) is 0 Å². The zero-order chi connectivity index (χ0) is 12.9. The van der Waals surface area contributed by atoms with Crippen molar-refractivity contribution in [1.82, 2.24) is 19.8 Å². The summed E-state index contributed by atoms with van der Waals surface area (Å²) in [6.45, 7) is 0. The van der Waals surface area contributed by atoms with Gasteiger partial charge in [0, 0.05) is 5.92 Å². The van der Waals surface area contributed by atoms with Crippen molar-refractivity contribution in [1.29, 1.82) is 0 Å². The highest BCUT2D eigenvalue weighted by Crippen LogP contribution is 2.39. The molecule has 6 heteroatoms. The van der Waals surface area contributed by atoms with Crippen molar-refractivity contribution in [3.8, 4) is 0 Å². The van der Waals surface area contributed by atoms with Gasteiger partial charge < -0.3 is 5.73 Å². The summed E-state index contributed by atoms with van der Waals surface area (Å²) in [5.41, 5.74) is 6.34. The lowest BCUT2D eigenvalue weighted by Gasteiger charge is -2.30. The summed E-state index contributed by atoms with van der Waals surface area (Å²) in [6.07, 6.45) is 9.58. The van der Waals surface area contributed by atoms with Crippen molar-refractivity contribution in [2.24, 2.45) is 5.73 Å². The molecule has 0 unspecified atom stereocenters. The molecule has 2 aliphatic carbocycles. The van der Waals surface area contributed by atoms with Crippen LogP contribution < -0.4 is 5.73 Å². The van der Waals surface area contributed by atoms with Gasteiger partial charge in [-0.3, -0.25) is 0 Å². The van der Waals surface area contributed by atoms with Crippen LogP contribution in [0, 0.1) is 0 Å². The number of hydrogen-bond acceptors (Lipinski definition) is 5. The van der Waals surface area contributed by atoms with Crippen LogP contribution in [0.3, 0.4) is 0 Å². The third kappa shape index (κ3) is 1.80. The Morgan fingerprint density at radius 1 is 1.11 bits per heavy atom. The Balaban J connectivity index is 1.73. The molecule has 4 rings (SSSR count). The molecule has 0 atom stereocenters. The second-order valence-corrected chi connectivity index (χ2v) is 6.96. The van der Waals surface area contributed by atoms with E-state index in [9.17, 15) is 0 Å². The number of hydrogen-bond donors (Lipinski definition) is 1. The molecule has 0 radical (unpaired) electrons. The zero-order valence-corrected chi connectivity index (χ0v) is 11.8. The maximum absolute atomic E-state index is 6.56. The Morgan fingerprint density at radius 3 is 2.58 bits per heavy atom. The van der Waals surface area contributed by atoms with E-state index in [1.807, 2.05) is 4.52 Å². The first-order chi connectivity index (χ1) is 9.26. The highest BCUT2D eigenvalue weighted by atomic mass is 32.1.